The number of H-pyrrole nitrogens is 1. The van der Waals surface area contributed by atoms with Gasteiger partial charge in [0, 0.05) is 31.1 Å². The van der Waals surface area contributed by atoms with Gasteiger partial charge in [0.25, 0.3) is 5.91 Å². The molecule has 3 rings (SSSR count). The Morgan fingerprint density at radius 3 is 2.85 bits per heavy atom. The molecule has 0 fully saturated rings. The second kappa shape index (κ2) is 7.43. The van der Waals surface area contributed by atoms with Gasteiger partial charge in [-0.25, -0.2) is 9.78 Å². The second-order valence-electron chi connectivity index (χ2n) is 6.03. The van der Waals surface area contributed by atoms with E-state index in [0.29, 0.717) is 41.9 Å². The summed E-state index contributed by atoms with van der Waals surface area (Å²) in [6.45, 7) is 4.12. The molecule has 7 heteroatoms. The molecular weight excluding hydrogens is 332 g/mol. The fraction of sp³-hybridized carbons (Fsp3) is 0.316. The van der Waals surface area contributed by atoms with Crippen LogP contribution in [0.25, 0.3) is 5.65 Å². The standard InChI is InChI=1S/C19H22N4O3/c1-4-14-16(19(25)26-3)12(2)17(22-14)18(24)20-9-8-13-11-23-10-6-5-7-15(23)21-13/h5-7,10-11,22H,4,8-9H2,1-3H3,(H,20,24). The average molecular weight is 354 g/mol. The summed E-state index contributed by atoms with van der Waals surface area (Å²) < 4.78 is 6.77. The number of ether oxygens (including phenoxy) is 1. The van der Waals surface area contributed by atoms with Crippen LogP contribution in [0.1, 0.15) is 44.7 Å². The number of fused-ring (bicyclic) bond motifs is 1. The SMILES string of the molecule is CCc1[nH]c(C(=O)NCCc2cn3ccccc3n2)c(C)c1C(=O)OC. The molecular formula is C19H22N4O3. The van der Waals surface area contributed by atoms with Crippen LogP contribution in [0.3, 0.4) is 0 Å². The topological polar surface area (TPSA) is 88.5 Å². The van der Waals surface area contributed by atoms with Gasteiger partial charge in [0.15, 0.2) is 0 Å². The summed E-state index contributed by atoms with van der Waals surface area (Å²) in [6.07, 6.45) is 5.12. The number of amides is 1. The van der Waals surface area contributed by atoms with E-state index in [4.69, 9.17) is 4.74 Å². The third-order valence-electron chi connectivity index (χ3n) is 4.38. The van der Waals surface area contributed by atoms with Crippen molar-refractivity contribution in [3.8, 4) is 0 Å². The van der Waals surface area contributed by atoms with Crippen molar-refractivity contribution in [3.05, 3.63) is 58.8 Å². The summed E-state index contributed by atoms with van der Waals surface area (Å²) >= 11 is 0. The number of methoxy groups -OCH3 is 1. The van der Waals surface area contributed by atoms with Crippen LogP contribution in [0.15, 0.2) is 30.6 Å². The number of pyridine rings is 1. The number of hydrogen-bond donors (Lipinski definition) is 2. The number of hydrogen-bond acceptors (Lipinski definition) is 4. The van der Waals surface area contributed by atoms with Gasteiger partial charge in [-0.1, -0.05) is 13.0 Å². The number of carbonyl (C=O) groups excluding carboxylic acids is 2. The molecule has 0 aromatic carbocycles. The van der Waals surface area contributed by atoms with Crippen molar-refractivity contribution in [2.45, 2.75) is 26.7 Å². The maximum Gasteiger partial charge on any atom is 0.339 e. The van der Waals surface area contributed by atoms with Gasteiger partial charge in [-0.15, -0.1) is 0 Å². The van der Waals surface area contributed by atoms with Crippen LogP contribution in [-0.2, 0) is 17.6 Å². The normalized spacial score (nSPS) is 10.9. The first-order valence-electron chi connectivity index (χ1n) is 8.55. The Balaban J connectivity index is 1.68. The van der Waals surface area contributed by atoms with E-state index in [1.165, 1.54) is 7.11 Å². The van der Waals surface area contributed by atoms with Crippen LogP contribution in [0.4, 0.5) is 0 Å². The van der Waals surface area contributed by atoms with Gasteiger partial charge in [-0.05, 0) is 31.0 Å². The largest absolute Gasteiger partial charge is 0.465 e. The monoisotopic (exact) mass is 354 g/mol. The highest BCUT2D eigenvalue weighted by Gasteiger charge is 2.23. The number of nitrogens with one attached hydrogen (secondary N) is 2. The van der Waals surface area contributed by atoms with Crippen molar-refractivity contribution in [3.63, 3.8) is 0 Å². The van der Waals surface area contributed by atoms with Gasteiger partial charge in [-0.3, -0.25) is 4.79 Å². The van der Waals surface area contributed by atoms with E-state index in [1.54, 1.807) is 6.92 Å². The van der Waals surface area contributed by atoms with Crippen LogP contribution < -0.4 is 5.32 Å². The van der Waals surface area contributed by atoms with Crippen molar-refractivity contribution in [1.29, 1.82) is 0 Å². The summed E-state index contributed by atoms with van der Waals surface area (Å²) in [5.41, 5.74) is 3.95. The van der Waals surface area contributed by atoms with Crippen molar-refractivity contribution in [2.24, 2.45) is 0 Å². The number of carbonyl (C=O) groups is 2. The van der Waals surface area contributed by atoms with E-state index in [0.717, 1.165) is 11.3 Å². The predicted molar refractivity (Wildman–Crippen MR) is 97.5 cm³/mol. The summed E-state index contributed by atoms with van der Waals surface area (Å²) in [5.74, 6) is -0.671. The molecule has 0 aliphatic rings. The Labute approximate surface area is 151 Å². The lowest BCUT2D eigenvalue weighted by Crippen LogP contribution is -2.26. The molecule has 1 amide bonds. The maximum absolute atomic E-state index is 12.5. The first-order chi connectivity index (χ1) is 12.5. The molecule has 26 heavy (non-hydrogen) atoms. The number of esters is 1. The Bertz CT molecular complexity index is 922. The second-order valence-corrected chi connectivity index (χ2v) is 6.03. The zero-order valence-corrected chi connectivity index (χ0v) is 15.1. The summed E-state index contributed by atoms with van der Waals surface area (Å²) in [7, 11) is 1.34. The van der Waals surface area contributed by atoms with E-state index >= 15 is 0 Å². The number of nitrogens with zero attached hydrogens (tertiary/aromatic N) is 2. The fourth-order valence-electron chi connectivity index (χ4n) is 3.03. The quantitative estimate of drug-likeness (QED) is 0.665. The molecule has 0 radical (unpaired) electrons. The van der Waals surface area contributed by atoms with E-state index in [9.17, 15) is 9.59 Å². The molecule has 3 heterocycles. The molecule has 0 aliphatic carbocycles. The number of aryl methyl sites for hydroxylation is 1. The van der Waals surface area contributed by atoms with Crippen LogP contribution in [0.2, 0.25) is 0 Å². The Morgan fingerprint density at radius 1 is 1.35 bits per heavy atom. The molecule has 0 unspecified atom stereocenters. The first-order valence-corrected chi connectivity index (χ1v) is 8.55. The average Bonchev–Trinajstić information content (AvgIpc) is 3.21. The highest BCUT2D eigenvalue weighted by molar-refractivity contribution is 6.00. The summed E-state index contributed by atoms with van der Waals surface area (Å²) in [5, 5.41) is 2.88. The minimum absolute atomic E-state index is 0.240. The third-order valence-corrected chi connectivity index (χ3v) is 4.38. The zero-order chi connectivity index (χ0) is 18.7. The van der Waals surface area contributed by atoms with Crippen LogP contribution in [0.5, 0.6) is 0 Å². The van der Waals surface area contributed by atoms with Gasteiger partial charge in [0.2, 0.25) is 0 Å². The summed E-state index contributed by atoms with van der Waals surface area (Å²) in [4.78, 5) is 32.0. The molecule has 0 spiro atoms. The third kappa shape index (κ3) is 3.33. The smallest absolute Gasteiger partial charge is 0.339 e. The highest BCUT2D eigenvalue weighted by atomic mass is 16.5. The van der Waals surface area contributed by atoms with Crippen molar-refractivity contribution < 1.29 is 14.3 Å². The lowest BCUT2D eigenvalue weighted by atomic mass is 10.1. The van der Waals surface area contributed by atoms with E-state index in [-0.39, 0.29) is 5.91 Å². The Hall–Kier alpha value is -3.09. The van der Waals surface area contributed by atoms with E-state index in [1.807, 2.05) is 41.9 Å². The van der Waals surface area contributed by atoms with E-state index in [2.05, 4.69) is 15.3 Å². The Morgan fingerprint density at radius 2 is 2.15 bits per heavy atom. The van der Waals surface area contributed by atoms with Crippen molar-refractivity contribution in [2.75, 3.05) is 13.7 Å². The van der Waals surface area contributed by atoms with Gasteiger partial charge in [-0.2, -0.15) is 0 Å². The van der Waals surface area contributed by atoms with Gasteiger partial charge >= 0.3 is 5.97 Å². The number of aromatic nitrogens is 3. The molecule has 0 saturated heterocycles. The predicted octanol–water partition coefficient (Wildman–Crippen LogP) is 2.29. The lowest BCUT2D eigenvalue weighted by molar-refractivity contribution is 0.0599. The molecule has 2 N–H and O–H groups in total. The molecule has 7 nitrogen and oxygen atoms in total. The van der Waals surface area contributed by atoms with Crippen molar-refractivity contribution in [1.82, 2.24) is 19.7 Å². The number of aromatic amines is 1. The van der Waals surface area contributed by atoms with Crippen LogP contribution in [-0.4, -0.2) is 39.9 Å². The van der Waals surface area contributed by atoms with Crippen LogP contribution in [0, 0.1) is 6.92 Å². The maximum atomic E-state index is 12.5. The van der Waals surface area contributed by atoms with Gasteiger partial charge < -0.3 is 19.4 Å². The summed E-state index contributed by atoms with van der Waals surface area (Å²) in [6, 6.07) is 5.82. The molecule has 0 bridgehead atoms. The number of imidazole rings is 1. The number of rotatable bonds is 6. The zero-order valence-electron chi connectivity index (χ0n) is 15.1. The fourth-order valence-corrected chi connectivity index (χ4v) is 3.03. The minimum Gasteiger partial charge on any atom is -0.465 e. The molecule has 3 aromatic heterocycles. The molecule has 0 saturated carbocycles. The minimum atomic E-state index is -0.431. The molecule has 0 atom stereocenters. The molecule has 136 valence electrons. The highest BCUT2D eigenvalue weighted by Crippen LogP contribution is 2.20. The van der Waals surface area contributed by atoms with Gasteiger partial charge in [0.05, 0.1) is 18.4 Å². The van der Waals surface area contributed by atoms with E-state index < -0.39 is 5.97 Å². The van der Waals surface area contributed by atoms with Crippen molar-refractivity contribution >= 4 is 17.5 Å². The Kier molecular flexibility index (Phi) is 5.06. The lowest BCUT2D eigenvalue weighted by Gasteiger charge is -2.04. The van der Waals surface area contributed by atoms with Gasteiger partial charge in [0.1, 0.15) is 11.3 Å². The molecule has 0 aliphatic heterocycles. The first kappa shape index (κ1) is 17.7. The molecule has 3 aromatic rings. The van der Waals surface area contributed by atoms with Crippen LogP contribution >= 0.6 is 0 Å².